The molecule has 8 heteroatoms. The van der Waals surface area contributed by atoms with E-state index in [0.717, 1.165) is 0 Å². The number of anilines is 1. The summed E-state index contributed by atoms with van der Waals surface area (Å²) < 4.78 is 31.5. The fraction of sp³-hybridized carbons (Fsp3) is 0.385. The predicted molar refractivity (Wildman–Crippen MR) is 77.7 cm³/mol. The molecule has 0 aliphatic heterocycles. The number of aliphatic carboxylic acids is 1. The number of carbonyl (C=O) groups is 1. The molecule has 0 bridgehead atoms. The first kappa shape index (κ1) is 15.3. The molecule has 0 saturated heterocycles. The normalized spacial score (nSPS) is 11.7. The number of carboxylic acid groups (broad SMARTS) is 1. The average Bonchev–Trinajstić information content (AvgIpc) is 2.79. The van der Waals surface area contributed by atoms with Gasteiger partial charge < -0.3 is 9.52 Å². The lowest BCUT2D eigenvalue weighted by atomic mass is 10.3. The molecule has 2 aromatic rings. The van der Waals surface area contributed by atoms with Gasteiger partial charge in [0.2, 0.25) is 10.0 Å². The van der Waals surface area contributed by atoms with Crippen LogP contribution in [-0.4, -0.2) is 30.2 Å². The van der Waals surface area contributed by atoms with Gasteiger partial charge >= 0.3 is 5.97 Å². The van der Waals surface area contributed by atoms with Gasteiger partial charge in [0.1, 0.15) is 5.52 Å². The molecule has 0 radical (unpaired) electrons. The second-order valence-electron chi connectivity index (χ2n) is 4.56. The van der Waals surface area contributed by atoms with E-state index in [1.165, 1.54) is 0 Å². The first-order valence-electron chi connectivity index (χ1n) is 6.51. The number of aromatic nitrogens is 1. The highest BCUT2D eigenvalue weighted by atomic mass is 32.2. The van der Waals surface area contributed by atoms with E-state index in [2.05, 4.69) is 9.71 Å². The van der Waals surface area contributed by atoms with Gasteiger partial charge in [0, 0.05) is 12.8 Å². The standard InChI is InChI=1S/C13H16N2O5S/c1-2-12-14-10-8-9(5-6-11(10)20-12)15-21(18,19)7-3-4-13(16)17/h5-6,8,15H,2-4,7H2,1H3,(H,16,17). The van der Waals surface area contributed by atoms with Crippen molar-refractivity contribution >= 4 is 32.8 Å². The third kappa shape index (κ3) is 4.19. The Labute approximate surface area is 122 Å². The van der Waals surface area contributed by atoms with Crippen molar-refractivity contribution in [3.05, 3.63) is 24.1 Å². The summed E-state index contributed by atoms with van der Waals surface area (Å²) >= 11 is 0. The Morgan fingerprint density at radius 2 is 2.19 bits per heavy atom. The van der Waals surface area contributed by atoms with E-state index in [0.29, 0.717) is 29.1 Å². The molecule has 0 unspecified atom stereocenters. The van der Waals surface area contributed by atoms with Gasteiger partial charge in [0.05, 0.1) is 11.4 Å². The van der Waals surface area contributed by atoms with Crippen LogP contribution in [0.15, 0.2) is 22.6 Å². The van der Waals surface area contributed by atoms with Crippen LogP contribution in [0.2, 0.25) is 0 Å². The molecule has 21 heavy (non-hydrogen) atoms. The van der Waals surface area contributed by atoms with Gasteiger partial charge in [-0.05, 0) is 24.6 Å². The molecule has 0 atom stereocenters. The number of fused-ring (bicyclic) bond motifs is 1. The number of benzene rings is 1. The van der Waals surface area contributed by atoms with Crippen molar-refractivity contribution in [2.45, 2.75) is 26.2 Å². The zero-order valence-electron chi connectivity index (χ0n) is 11.5. The summed E-state index contributed by atoms with van der Waals surface area (Å²) in [7, 11) is -3.57. The number of nitrogens with one attached hydrogen (secondary N) is 1. The van der Waals surface area contributed by atoms with Crippen LogP contribution >= 0.6 is 0 Å². The molecule has 1 aromatic carbocycles. The highest BCUT2D eigenvalue weighted by Gasteiger charge is 2.13. The molecule has 0 spiro atoms. The minimum absolute atomic E-state index is 0.0663. The Morgan fingerprint density at radius 3 is 2.86 bits per heavy atom. The molecule has 2 rings (SSSR count). The van der Waals surface area contributed by atoms with Gasteiger partial charge in [-0.2, -0.15) is 0 Å². The van der Waals surface area contributed by atoms with Crippen LogP contribution in [0.5, 0.6) is 0 Å². The smallest absolute Gasteiger partial charge is 0.303 e. The van der Waals surface area contributed by atoms with Crippen molar-refractivity contribution in [1.29, 1.82) is 0 Å². The third-order valence-electron chi connectivity index (χ3n) is 2.81. The van der Waals surface area contributed by atoms with Gasteiger partial charge in [-0.25, -0.2) is 13.4 Å². The van der Waals surface area contributed by atoms with Crippen LogP contribution in [0.3, 0.4) is 0 Å². The quantitative estimate of drug-likeness (QED) is 0.809. The SMILES string of the molecule is CCc1nc2cc(NS(=O)(=O)CCCC(=O)O)ccc2o1. The summed E-state index contributed by atoms with van der Waals surface area (Å²) in [5.74, 6) is -0.663. The highest BCUT2D eigenvalue weighted by Crippen LogP contribution is 2.21. The van der Waals surface area contributed by atoms with Gasteiger partial charge in [0.15, 0.2) is 11.5 Å². The Hall–Kier alpha value is -2.09. The van der Waals surface area contributed by atoms with Crippen LogP contribution in [0.25, 0.3) is 11.1 Å². The maximum atomic E-state index is 11.8. The summed E-state index contributed by atoms with van der Waals surface area (Å²) in [6.07, 6.45) is 0.547. The lowest BCUT2D eigenvalue weighted by molar-refractivity contribution is -0.137. The molecule has 2 N–H and O–H groups in total. The van der Waals surface area contributed by atoms with E-state index in [4.69, 9.17) is 9.52 Å². The Balaban J connectivity index is 2.09. The van der Waals surface area contributed by atoms with Gasteiger partial charge in [-0.15, -0.1) is 0 Å². The molecule has 1 aromatic heterocycles. The number of oxazole rings is 1. The van der Waals surface area contributed by atoms with Crippen molar-refractivity contribution in [2.75, 3.05) is 10.5 Å². The monoisotopic (exact) mass is 312 g/mol. The topological polar surface area (TPSA) is 110 Å². The molecule has 0 fully saturated rings. The van der Waals surface area contributed by atoms with E-state index < -0.39 is 16.0 Å². The van der Waals surface area contributed by atoms with E-state index in [1.54, 1.807) is 18.2 Å². The second kappa shape index (κ2) is 6.13. The van der Waals surface area contributed by atoms with Gasteiger partial charge in [-0.1, -0.05) is 6.92 Å². The lowest BCUT2D eigenvalue weighted by Gasteiger charge is -2.06. The fourth-order valence-electron chi connectivity index (χ4n) is 1.83. The number of hydrogen-bond donors (Lipinski definition) is 2. The highest BCUT2D eigenvalue weighted by molar-refractivity contribution is 7.92. The van der Waals surface area contributed by atoms with Crippen LogP contribution in [-0.2, 0) is 21.2 Å². The Bertz CT molecular complexity index is 751. The molecule has 7 nitrogen and oxygen atoms in total. The first-order chi connectivity index (χ1) is 9.89. The summed E-state index contributed by atoms with van der Waals surface area (Å²) in [6.45, 7) is 1.91. The number of hydrogen-bond acceptors (Lipinski definition) is 5. The van der Waals surface area contributed by atoms with E-state index >= 15 is 0 Å². The van der Waals surface area contributed by atoms with E-state index in [-0.39, 0.29) is 18.6 Å². The van der Waals surface area contributed by atoms with Crippen molar-refractivity contribution in [3.8, 4) is 0 Å². The first-order valence-corrected chi connectivity index (χ1v) is 8.16. The molecule has 0 aliphatic carbocycles. The van der Waals surface area contributed by atoms with Crippen molar-refractivity contribution in [1.82, 2.24) is 4.98 Å². The Kier molecular flexibility index (Phi) is 4.46. The summed E-state index contributed by atoms with van der Waals surface area (Å²) in [6, 6.07) is 4.82. The second-order valence-corrected chi connectivity index (χ2v) is 6.40. The summed E-state index contributed by atoms with van der Waals surface area (Å²) in [5, 5.41) is 8.51. The largest absolute Gasteiger partial charge is 0.481 e. The van der Waals surface area contributed by atoms with Crippen LogP contribution in [0, 0.1) is 0 Å². The minimum Gasteiger partial charge on any atom is -0.481 e. The number of nitrogens with zero attached hydrogens (tertiary/aromatic N) is 1. The van der Waals surface area contributed by atoms with Crippen LogP contribution in [0.1, 0.15) is 25.7 Å². The average molecular weight is 312 g/mol. The maximum Gasteiger partial charge on any atom is 0.303 e. The number of aryl methyl sites for hydroxylation is 1. The molecule has 0 saturated carbocycles. The van der Waals surface area contributed by atoms with Crippen molar-refractivity contribution in [3.63, 3.8) is 0 Å². The van der Waals surface area contributed by atoms with Crippen LogP contribution < -0.4 is 4.72 Å². The van der Waals surface area contributed by atoms with Gasteiger partial charge in [-0.3, -0.25) is 9.52 Å². The minimum atomic E-state index is -3.57. The third-order valence-corrected chi connectivity index (χ3v) is 4.18. The fourth-order valence-corrected chi connectivity index (χ4v) is 2.95. The van der Waals surface area contributed by atoms with Crippen molar-refractivity contribution in [2.24, 2.45) is 0 Å². The zero-order valence-corrected chi connectivity index (χ0v) is 12.3. The van der Waals surface area contributed by atoms with E-state index in [1.807, 2.05) is 6.92 Å². The zero-order chi connectivity index (χ0) is 15.5. The predicted octanol–water partition coefficient (Wildman–Crippen LogP) is 2.00. The molecule has 0 aliphatic rings. The van der Waals surface area contributed by atoms with Crippen molar-refractivity contribution < 1.29 is 22.7 Å². The van der Waals surface area contributed by atoms with E-state index in [9.17, 15) is 13.2 Å². The number of carboxylic acids is 1. The van der Waals surface area contributed by atoms with Gasteiger partial charge in [0.25, 0.3) is 0 Å². The molecule has 114 valence electrons. The molecular weight excluding hydrogens is 296 g/mol. The maximum absolute atomic E-state index is 11.8. The molecule has 1 heterocycles. The molecular formula is C13H16N2O5S. The molecule has 0 amide bonds. The summed E-state index contributed by atoms with van der Waals surface area (Å²) in [4.78, 5) is 14.6. The van der Waals surface area contributed by atoms with Crippen LogP contribution in [0.4, 0.5) is 5.69 Å². The lowest BCUT2D eigenvalue weighted by Crippen LogP contribution is -2.17. The Morgan fingerprint density at radius 1 is 1.43 bits per heavy atom. The number of sulfonamides is 1. The summed E-state index contributed by atoms with van der Waals surface area (Å²) in [5.41, 5.74) is 1.56. The number of rotatable bonds is 7.